The second-order valence-electron chi connectivity index (χ2n) is 6.15. The Hall–Kier alpha value is -1.62. The highest BCUT2D eigenvalue weighted by molar-refractivity contribution is 5.84. The molecule has 21 heavy (non-hydrogen) atoms. The van der Waals surface area contributed by atoms with E-state index in [2.05, 4.69) is 12.2 Å². The minimum atomic E-state index is -0.399. The molecule has 1 saturated heterocycles. The summed E-state index contributed by atoms with van der Waals surface area (Å²) in [5.74, 6) is 1.17. The Balaban J connectivity index is 1.84. The van der Waals surface area contributed by atoms with Gasteiger partial charge in [0.1, 0.15) is 6.17 Å². The van der Waals surface area contributed by atoms with Crippen molar-refractivity contribution in [3.05, 3.63) is 29.6 Å². The molecule has 1 saturated carbocycles. The van der Waals surface area contributed by atoms with Gasteiger partial charge in [0.25, 0.3) is 0 Å². The molecule has 2 aliphatic rings. The van der Waals surface area contributed by atoms with Gasteiger partial charge in [0.2, 0.25) is 5.91 Å². The van der Waals surface area contributed by atoms with Crippen LogP contribution in [0, 0.1) is 17.7 Å². The second kappa shape index (κ2) is 5.30. The Morgan fingerprint density at radius 3 is 2.71 bits per heavy atom. The van der Waals surface area contributed by atoms with Gasteiger partial charge in [-0.2, -0.15) is 0 Å². The lowest BCUT2D eigenvalue weighted by atomic mass is 10.1. The van der Waals surface area contributed by atoms with Crippen molar-refractivity contribution in [2.24, 2.45) is 11.8 Å². The summed E-state index contributed by atoms with van der Waals surface area (Å²) in [5, 5.41) is 3.25. The first-order valence-electron chi connectivity index (χ1n) is 7.41. The largest absolute Gasteiger partial charge is 0.494 e. The van der Waals surface area contributed by atoms with Crippen LogP contribution in [0.1, 0.15) is 32.0 Å². The van der Waals surface area contributed by atoms with E-state index in [9.17, 15) is 9.18 Å². The van der Waals surface area contributed by atoms with E-state index in [4.69, 9.17) is 4.74 Å². The lowest BCUT2D eigenvalue weighted by molar-refractivity contribution is -0.130. The summed E-state index contributed by atoms with van der Waals surface area (Å²) in [5.41, 5.74) is 0.763. The average Bonchev–Trinajstić information content (AvgIpc) is 3.09. The molecule has 3 rings (SSSR count). The molecule has 0 radical (unpaired) electrons. The Morgan fingerprint density at radius 1 is 1.43 bits per heavy atom. The van der Waals surface area contributed by atoms with Crippen LogP contribution >= 0.6 is 0 Å². The second-order valence-corrected chi connectivity index (χ2v) is 6.15. The molecule has 5 heteroatoms. The first-order valence-corrected chi connectivity index (χ1v) is 7.41. The molecule has 0 bridgehead atoms. The molecule has 0 spiro atoms. The zero-order valence-corrected chi connectivity index (χ0v) is 12.6. The van der Waals surface area contributed by atoms with Crippen molar-refractivity contribution in [1.29, 1.82) is 0 Å². The number of rotatable bonds is 4. The maximum atomic E-state index is 13.9. The average molecular weight is 292 g/mol. The van der Waals surface area contributed by atoms with Crippen molar-refractivity contribution in [2.45, 2.75) is 32.5 Å². The first-order chi connectivity index (χ1) is 10.0. The van der Waals surface area contributed by atoms with Crippen LogP contribution in [-0.4, -0.2) is 30.5 Å². The van der Waals surface area contributed by atoms with Crippen LogP contribution in [0.2, 0.25) is 0 Å². The number of nitrogens with zero attached hydrogens (tertiary/aromatic N) is 1. The third-order valence-electron chi connectivity index (χ3n) is 4.57. The number of methoxy groups -OCH3 is 1. The minimum absolute atomic E-state index is 0.0929. The van der Waals surface area contributed by atoms with E-state index in [1.165, 1.54) is 19.6 Å². The number of nitrogens with one attached hydrogen (secondary N) is 1. The van der Waals surface area contributed by atoms with Gasteiger partial charge in [-0.05, 0) is 42.9 Å². The third kappa shape index (κ3) is 2.62. The van der Waals surface area contributed by atoms with Gasteiger partial charge < -0.3 is 9.64 Å². The zero-order valence-electron chi connectivity index (χ0n) is 12.6. The van der Waals surface area contributed by atoms with Crippen LogP contribution < -0.4 is 10.1 Å². The zero-order chi connectivity index (χ0) is 15.1. The summed E-state index contributed by atoms with van der Waals surface area (Å²) < 4.78 is 18.9. The van der Waals surface area contributed by atoms with E-state index in [-0.39, 0.29) is 23.9 Å². The third-order valence-corrected chi connectivity index (χ3v) is 4.57. The van der Waals surface area contributed by atoms with Crippen molar-refractivity contribution in [3.63, 3.8) is 0 Å². The molecule has 1 aromatic carbocycles. The maximum absolute atomic E-state index is 13.9. The smallest absolute Gasteiger partial charge is 0.241 e. The Morgan fingerprint density at radius 2 is 2.14 bits per heavy atom. The molecule has 1 amide bonds. The fraction of sp³-hybridized carbons (Fsp3) is 0.562. The number of ether oxygens (including phenoxy) is 1. The van der Waals surface area contributed by atoms with E-state index >= 15 is 0 Å². The summed E-state index contributed by atoms with van der Waals surface area (Å²) >= 11 is 0. The van der Waals surface area contributed by atoms with Gasteiger partial charge in [0, 0.05) is 6.54 Å². The highest BCUT2D eigenvalue weighted by Crippen LogP contribution is 2.40. The molecule has 4 unspecified atom stereocenters. The normalized spacial score (nSPS) is 31.6. The summed E-state index contributed by atoms with van der Waals surface area (Å²) in [4.78, 5) is 14.2. The van der Waals surface area contributed by atoms with Crippen molar-refractivity contribution < 1.29 is 13.9 Å². The Kier molecular flexibility index (Phi) is 3.61. The molecule has 1 aliphatic heterocycles. The Labute approximate surface area is 124 Å². The molecule has 1 N–H and O–H groups in total. The quantitative estimate of drug-likeness (QED) is 0.926. The van der Waals surface area contributed by atoms with Gasteiger partial charge in [-0.25, -0.2) is 4.39 Å². The lowest BCUT2D eigenvalue weighted by Gasteiger charge is -2.25. The summed E-state index contributed by atoms with van der Waals surface area (Å²) in [6, 6.07) is 4.64. The van der Waals surface area contributed by atoms with E-state index in [1.807, 2.05) is 17.9 Å². The molecule has 1 aliphatic carbocycles. The van der Waals surface area contributed by atoms with Crippen LogP contribution in [0.5, 0.6) is 5.75 Å². The van der Waals surface area contributed by atoms with E-state index in [0.29, 0.717) is 11.8 Å². The molecule has 1 heterocycles. The van der Waals surface area contributed by atoms with Crippen molar-refractivity contribution in [3.8, 4) is 5.75 Å². The first kappa shape index (κ1) is 14.3. The van der Waals surface area contributed by atoms with Gasteiger partial charge in [-0.15, -0.1) is 0 Å². The van der Waals surface area contributed by atoms with Crippen LogP contribution in [0.3, 0.4) is 0 Å². The van der Waals surface area contributed by atoms with Crippen LogP contribution in [0.25, 0.3) is 0 Å². The number of carbonyl (C=O) groups is 1. The van der Waals surface area contributed by atoms with Crippen LogP contribution in [-0.2, 0) is 4.79 Å². The van der Waals surface area contributed by atoms with Crippen molar-refractivity contribution in [2.75, 3.05) is 13.7 Å². The predicted octanol–water partition coefficient (Wildman–Crippen LogP) is 2.31. The minimum Gasteiger partial charge on any atom is -0.494 e. The number of hydrogen-bond acceptors (Lipinski definition) is 3. The van der Waals surface area contributed by atoms with Gasteiger partial charge in [0.05, 0.1) is 13.2 Å². The molecule has 0 aromatic heterocycles. The highest BCUT2D eigenvalue weighted by Gasteiger charge is 2.42. The molecule has 2 fully saturated rings. The fourth-order valence-corrected chi connectivity index (χ4v) is 3.00. The van der Waals surface area contributed by atoms with Gasteiger partial charge in [-0.1, -0.05) is 13.0 Å². The summed E-state index contributed by atoms with van der Waals surface area (Å²) in [6.07, 6.45) is 0.919. The standard InChI is InChI=1S/C16H21FN2O2/c1-9-6-12(9)8-19-15(18-10(2)16(19)20)11-4-5-14(21-3)13(17)7-11/h4-5,7,9-10,12,15,18H,6,8H2,1-3H3. The number of carbonyl (C=O) groups excluding carboxylic acids is 1. The summed E-state index contributed by atoms with van der Waals surface area (Å²) in [7, 11) is 1.44. The van der Waals surface area contributed by atoms with Crippen LogP contribution in [0.15, 0.2) is 18.2 Å². The SMILES string of the molecule is COc1ccc(C2NC(C)C(=O)N2CC2CC2C)cc1F. The molecule has 114 valence electrons. The van der Waals surface area contributed by atoms with Crippen LogP contribution in [0.4, 0.5) is 4.39 Å². The van der Waals surface area contributed by atoms with Crippen molar-refractivity contribution >= 4 is 5.91 Å². The van der Waals surface area contributed by atoms with Crippen molar-refractivity contribution in [1.82, 2.24) is 10.2 Å². The van der Waals surface area contributed by atoms with E-state index < -0.39 is 5.82 Å². The number of benzene rings is 1. The number of amides is 1. The monoisotopic (exact) mass is 292 g/mol. The summed E-state index contributed by atoms with van der Waals surface area (Å²) in [6.45, 7) is 4.80. The maximum Gasteiger partial charge on any atom is 0.241 e. The lowest BCUT2D eigenvalue weighted by Crippen LogP contribution is -2.32. The molecule has 1 aromatic rings. The number of hydrogen-bond donors (Lipinski definition) is 1. The number of halogens is 1. The molecular weight excluding hydrogens is 271 g/mol. The topological polar surface area (TPSA) is 41.6 Å². The van der Waals surface area contributed by atoms with Gasteiger partial charge in [-0.3, -0.25) is 10.1 Å². The molecule has 4 atom stereocenters. The van der Waals surface area contributed by atoms with E-state index in [1.54, 1.807) is 6.07 Å². The van der Waals surface area contributed by atoms with Gasteiger partial charge >= 0.3 is 0 Å². The Bertz CT molecular complexity index is 563. The molecular formula is C16H21FN2O2. The highest BCUT2D eigenvalue weighted by atomic mass is 19.1. The fourth-order valence-electron chi connectivity index (χ4n) is 3.00. The molecule has 4 nitrogen and oxygen atoms in total. The predicted molar refractivity (Wildman–Crippen MR) is 77.3 cm³/mol. The van der Waals surface area contributed by atoms with E-state index in [0.717, 1.165) is 12.1 Å². The van der Waals surface area contributed by atoms with Gasteiger partial charge in [0.15, 0.2) is 11.6 Å².